The molecule has 12 heavy (non-hydrogen) atoms. The van der Waals surface area contributed by atoms with Crippen molar-refractivity contribution in [1.29, 1.82) is 5.53 Å². The van der Waals surface area contributed by atoms with E-state index in [0.717, 1.165) is 0 Å². The van der Waals surface area contributed by atoms with Crippen LogP contribution in [0.4, 0.5) is 0 Å². The van der Waals surface area contributed by atoms with Gasteiger partial charge in [0.05, 0.1) is 6.61 Å². The first-order valence-electron chi connectivity index (χ1n) is 3.64. The first-order valence-corrected chi connectivity index (χ1v) is 3.64. The molecule has 0 spiro atoms. The molecule has 0 saturated carbocycles. The van der Waals surface area contributed by atoms with Crippen molar-refractivity contribution in [2.24, 2.45) is 5.11 Å². The molecule has 0 fully saturated rings. The summed E-state index contributed by atoms with van der Waals surface area (Å²) in [6, 6.07) is 0. The van der Waals surface area contributed by atoms with E-state index in [9.17, 15) is 4.79 Å². The van der Waals surface area contributed by atoms with Gasteiger partial charge in [0.25, 0.3) is 0 Å². The molecule has 0 aliphatic rings. The Morgan fingerprint density at radius 1 is 1.58 bits per heavy atom. The van der Waals surface area contributed by atoms with Gasteiger partial charge in [-0.25, -0.2) is 10.3 Å². The van der Waals surface area contributed by atoms with Gasteiger partial charge in [0.2, 0.25) is 5.70 Å². The predicted molar refractivity (Wildman–Crippen MR) is 41.7 cm³/mol. The number of aliphatic hydroxyl groups is 1. The number of nitrogens with one attached hydrogen (secondary N) is 1. The van der Waals surface area contributed by atoms with Crippen LogP contribution in [0, 0.1) is 5.53 Å². The highest BCUT2D eigenvalue weighted by molar-refractivity contribution is 5.88. The standard InChI is InChI=1S/C7H12N2O3/c1-3-5(10)6(9-8)7(11)12-4-2/h8,10H,3-4H2,1-2H3/b6-5-,9-8?. The van der Waals surface area contributed by atoms with Crippen molar-refractivity contribution in [2.75, 3.05) is 6.61 Å². The normalized spacial score (nSPS) is 11.8. The molecule has 0 heterocycles. The Morgan fingerprint density at radius 3 is 2.50 bits per heavy atom. The fraction of sp³-hybridized carbons (Fsp3) is 0.571. The Labute approximate surface area is 70.5 Å². The first-order chi connectivity index (χ1) is 5.67. The van der Waals surface area contributed by atoms with Crippen LogP contribution in [0.1, 0.15) is 20.3 Å². The molecule has 0 atom stereocenters. The fourth-order valence-electron chi connectivity index (χ4n) is 0.595. The van der Waals surface area contributed by atoms with Gasteiger partial charge in [-0.1, -0.05) is 6.92 Å². The molecular formula is C7H12N2O3. The third-order valence-electron chi connectivity index (χ3n) is 1.19. The van der Waals surface area contributed by atoms with Gasteiger partial charge in [0, 0.05) is 6.42 Å². The van der Waals surface area contributed by atoms with E-state index in [1.807, 2.05) is 0 Å². The van der Waals surface area contributed by atoms with E-state index in [0.29, 0.717) is 0 Å². The summed E-state index contributed by atoms with van der Waals surface area (Å²) in [5.41, 5.74) is 6.29. The highest BCUT2D eigenvalue weighted by Crippen LogP contribution is 2.08. The highest BCUT2D eigenvalue weighted by Gasteiger charge is 2.14. The maximum Gasteiger partial charge on any atom is 0.362 e. The maximum atomic E-state index is 10.9. The molecule has 0 unspecified atom stereocenters. The second-order valence-corrected chi connectivity index (χ2v) is 1.98. The van der Waals surface area contributed by atoms with Crippen molar-refractivity contribution in [3.05, 3.63) is 11.5 Å². The highest BCUT2D eigenvalue weighted by atomic mass is 16.5. The fourth-order valence-corrected chi connectivity index (χ4v) is 0.595. The number of allylic oxidation sites excluding steroid dienone is 1. The number of aliphatic hydroxyl groups excluding tert-OH is 1. The van der Waals surface area contributed by atoms with Crippen LogP contribution in [0.25, 0.3) is 0 Å². The van der Waals surface area contributed by atoms with Gasteiger partial charge in [-0.2, -0.15) is 0 Å². The van der Waals surface area contributed by atoms with Crippen LogP contribution in [-0.2, 0) is 9.53 Å². The molecule has 0 rings (SSSR count). The number of ether oxygens (including phenoxy) is 1. The average Bonchev–Trinajstić information content (AvgIpc) is 2.06. The monoisotopic (exact) mass is 172 g/mol. The average molecular weight is 172 g/mol. The van der Waals surface area contributed by atoms with E-state index in [4.69, 9.17) is 10.6 Å². The number of rotatable bonds is 4. The molecule has 0 aromatic rings. The zero-order valence-corrected chi connectivity index (χ0v) is 7.13. The number of esters is 1. The van der Waals surface area contributed by atoms with E-state index in [1.165, 1.54) is 0 Å². The predicted octanol–water partition coefficient (Wildman–Crippen LogP) is 1.76. The Balaban J connectivity index is 4.55. The van der Waals surface area contributed by atoms with Crippen LogP contribution < -0.4 is 0 Å². The molecule has 0 saturated heterocycles. The number of hydrogen-bond acceptors (Lipinski definition) is 5. The van der Waals surface area contributed by atoms with E-state index >= 15 is 0 Å². The van der Waals surface area contributed by atoms with Crippen molar-refractivity contribution in [2.45, 2.75) is 20.3 Å². The van der Waals surface area contributed by atoms with Crippen molar-refractivity contribution in [1.82, 2.24) is 0 Å². The Kier molecular flexibility index (Phi) is 4.67. The van der Waals surface area contributed by atoms with E-state index < -0.39 is 5.97 Å². The van der Waals surface area contributed by atoms with Crippen molar-refractivity contribution >= 4 is 5.97 Å². The van der Waals surface area contributed by atoms with Gasteiger partial charge in [-0.05, 0) is 6.92 Å². The smallest absolute Gasteiger partial charge is 0.362 e. The summed E-state index contributed by atoms with van der Waals surface area (Å²) in [6.45, 7) is 3.50. The molecule has 0 aromatic heterocycles. The Morgan fingerprint density at radius 2 is 2.17 bits per heavy atom. The van der Waals surface area contributed by atoms with Gasteiger partial charge >= 0.3 is 5.97 Å². The summed E-state index contributed by atoms with van der Waals surface area (Å²) in [6.07, 6.45) is 0.260. The summed E-state index contributed by atoms with van der Waals surface area (Å²) in [4.78, 5) is 10.9. The van der Waals surface area contributed by atoms with Gasteiger partial charge < -0.3 is 9.84 Å². The molecular weight excluding hydrogens is 160 g/mol. The molecule has 5 nitrogen and oxygen atoms in total. The second-order valence-electron chi connectivity index (χ2n) is 1.98. The van der Waals surface area contributed by atoms with Crippen LogP contribution in [-0.4, -0.2) is 17.7 Å². The molecule has 5 heteroatoms. The van der Waals surface area contributed by atoms with Crippen molar-refractivity contribution in [3.63, 3.8) is 0 Å². The van der Waals surface area contributed by atoms with Gasteiger partial charge in [-0.15, -0.1) is 5.11 Å². The van der Waals surface area contributed by atoms with Crippen LogP contribution in [0.3, 0.4) is 0 Å². The van der Waals surface area contributed by atoms with Gasteiger partial charge in [-0.3, -0.25) is 0 Å². The minimum atomic E-state index is -0.758. The van der Waals surface area contributed by atoms with E-state index in [2.05, 4.69) is 9.85 Å². The lowest BCUT2D eigenvalue weighted by Gasteiger charge is -2.01. The second kappa shape index (κ2) is 5.29. The summed E-state index contributed by atoms with van der Waals surface area (Å²) >= 11 is 0. The maximum absolute atomic E-state index is 10.9. The number of nitrogens with zero attached hydrogens (tertiary/aromatic N) is 1. The van der Waals surface area contributed by atoms with Crippen molar-refractivity contribution in [3.8, 4) is 0 Å². The lowest BCUT2D eigenvalue weighted by atomic mass is 10.3. The number of hydrogen-bond donors (Lipinski definition) is 2. The van der Waals surface area contributed by atoms with E-state index in [1.54, 1.807) is 13.8 Å². The zero-order chi connectivity index (χ0) is 9.56. The molecule has 0 bridgehead atoms. The summed E-state index contributed by atoms with van der Waals surface area (Å²) in [7, 11) is 0. The molecule has 2 N–H and O–H groups in total. The molecule has 68 valence electrons. The van der Waals surface area contributed by atoms with Gasteiger partial charge in [0.15, 0.2) is 0 Å². The minimum Gasteiger partial charge on any atom is -0.510 e. The molecule has 0 aliphatic heterocycles. The Bertz CT molecular complexity index is 211. The SMILES string of the molecule is CCOC(=O)/C(N=N)=C(/O)CC. The third kappa shape index (κ3) is 2.69. The third-order valence-corrected chi connectivity index (χ3v) is 1.19. The minimum absolute atomic E-state index is 0.203. The van der Waals surface area contributed by atoms with Crippen LogP contribution in [0.5, 0.6) is 0 Å². The topological polar surface area (TPSA) is 82.7 Å². The van der Waals surface area contributed by atoms with Gasteiger partial charge in [0.1, 0.15) is 5.76 Å². The van der Waals surface area contributed by atoms with Crippen LogP contribution in [0.15, 0.2) is 16.6 Å². The number of carbonyl (C=O) groups excluding carboxylic acids is 1. The van der Waals surface area contributed by atoms with Crippen LogP contribution >= 0.6 is 0 Å². The lowest BCUT2D eigenvalue weighted by Crippen LogP contribution is -2.08. The largest absolute Gasteiger partial charge is 0.510 e. The molecule has 0 radical (unpaired) electrons. The quantitative estimate of drug-likeness (QED) is 0.293. The lowest BCUT2D eigenvalue weighted by molar-refractivity contribution is -0.138. The summed E-state index contributed by atoms with van der Waals surface area (Å²) in [5.74, 6) is -0.977. The zero-order valence-electron chi connectivity index (χ0n) is 7.13. The van der Waals surface area contributed by atoms with E-state index in [-0.39, 0.29) is 24.5 Å². The van der Waals surface area contributed by atoms with Crippen molar-refractivity contribution < 1.29 is 14.6 Å². The Hall–Kier alpha value is -1.39. The summed E-state index contributed by atoms with van der Waals surface area (Å²) < 4.78 is 4.55. The number of carbonyl (C=O) groups is 1. The first kappa shape index (κ1) is 10.6. The van der Waals surface area contributed by atoms with Crippen LogP contribution in [0.2, 0.25) is 0 Å². The molecule has 0 aromatic carbocycles. The summed E-state index contributed by atoms with van der Waals surface area (Å²) in [5, 5.41) is 12.0. The molecule has 0 amide bonds. The molecule has 0 aliphatic carbocycles.